The second kappa shape index (κ2) is 3.15. The van der Waals surface area contributed by atoms with Crippen LogP contribution in [0.2, 0.25) is 0 Å². The number of hydrogen-bond donors (Lipinski definition) is 1. The number of hydrogen-bond acceptors (Lipinski definition) is 5. The molecule has 0 saturated heterocycles. The van der Waals surface area contributed by atoms with Crippen LogP contribution >= 0.6 is 0 Å². The lowest BCUT2D eigenvalue weighted by Crippen LogP contribution is -2.25. The minimum Gasteiger partial charge on any atom is -0.480 e. The van der Waals surface area contributed by atoms with E-state index in [1.165, 1.54) is 4.68 Å². The summed E-state index contributed by atoms with van der Waals surface area (Å²) in [5, 5.41) is 15.8. The second-order valence-corrected chi connectivity index (χ2v) is 2.96. The van der Waals surface area contributed by atoms with Crippen molar-refractivity contribution in [3.8, 4) is 0 Å². The monoisotopic (exact) mass is 209 g/mol. The van der Waals surface area contributed by atoms with Crippen molar-refractivity contribution in [2.75, 3.05) is 0 Å². The zero-order chi connectivity index (χ0) is 11.0. The summed E-state index contributed by atoms with van der Waals surface area (Å²) in [5.41, 5.74) is -0.0576. The molecule has 8 heteroatoms. The van der Waals surface area contributed by atoms with Gasteiger partial charge in [0, 0.05) is 7.05 Å². The van der Waals surface area contributed by atoms with Crippen LogP contribution in [0.3, 0.4) is 0 Å². The van der Waals surface area contributed by atoms with Gasteiger partial charge in [0.15, 0.2) is 5.52 Å². The summed E-state index contributed by atoms with van der Waals surface area (Å²) in [6.45, 7) is -0.424. The zero-order valence-corrected chi connectivity index (χ0v) is 7.78. The van der Waals surface area contributed by atoms with Crippen LogP contribution < -0.4 is 5.56 Å². The number of carboxylic acid groups (broad SMARTS) is 1. The molecule has 0 saturated carbocycles. The topological polar surface area (TPSA) is 103 Å². The molecule has 2 aromatic heterocycles. The largest absolute Gasteiger partial charge is 0.480 e. The van der Waals surface area contributed by atoms with E-state index in [9.17, 15) is 9.59 Å². The Morgan fingerprint density at radius 3 is 3.00 bits per heavy atom. The molecule has 0 aromatic carbocycles. The molecule has 0 aliphatic rings. The molecule has 1 N–H and O–H groups in total. The summed E-state index contributed by atoms with van der Waals surface area (Å²) in [6, 6.07) is 0. The van der Waals surface area contributed by atoms with Crippen molar-refractivity contribution in [2.24, 2.45) is 7.05 Å². The first-order chi connectivity index (χ1) is 7.09. The molecule has 2 heterocycles. The highest BCUT2D eigenvalue weighted by Crippen LogP contribution is 1.98. The highest BCUT2D eigenvalue weighted by Gasteiger charge is 2.11. The van der Waals surface area contributed by atoms with Gasteiger partial charge in [0.25, 0.3) is 5.56 Å². The van der Waals surface area contributed by atoms with Gasteiger partial charge in [-0.25, -0.2) is 9.67 Å². The summed E-state index contributed by atoms with van der Waals surface area (Å²) >= 11 is 0. The normalized spacial score (nSPS) is 10.7. The van der Waals surface area contributed by atoms with Gasteiger partial charge in [0.2, 0.25) is 5.65 Å². The number of aromatic nitrogens is 5. The number of nitrogens with zero attached hydrogens (tertiary/aromatic N) is 5. The summed E-state index contributed by atoms with van der Waals surface area (Å²) in [7, 11) is 1.55. The van der Waals surface area contributed by atoms with Gasteiger partial charge in [-0.2, -0.15) is 0 Å². The molecule has 2 rings (SSSR count). The third-order valence-electron chi connectivity index (χ3n) is 1.90. The minimum atomic E-state index is -1.10. The van der Waals surface area contributed by atoms with E-state index in [0.717, 1.165) is 10.9 Å². The van der Waals surface area contributed by atoms with Crippen molar-refractivity contribution in [3.05, 3.63) is 16.7 Å². The summed E-state index contributed by atoms with van der Waals surface area (Å²) in [5.74, 6) is -1.10. The number of aryl methyl sites for hydroxylation is 1. The number of carbonyl (C=O) groups is 1. The third-order valence-corrected chi connectivity index (χ3v) is 1.90. The molecule has 0 amide bonds. The average molecular weight is 209 g/mol. The molecule has 8 nitrogen and oxygen atoms in total. The molecule has 0 fully saturated rings. The third kappa shape index (κ3) is 1.45. The first-order valence-corrected chi connectivity index (χ1v) is 4.06. The summed E-state index contributed by atoms with van der Waals surface area (Å²) < 4.78 is 2.26. The van der Waals surface area contributed by atoms with E-state index in [-0.39, 0.29) is 11.2 Å². The van der Waals surface area contributed by atoms with Gasteiger partial charge >= 0.3 is 5.97 Å². The van der Waals surface area contributed by atoms with Gasteiger partial charge < -0.3 is 5.11 Å². The standard InChI is InChI=1S/C7H7N5O3/c1-11-5-6(9-10-11)8-3-12(7(5)15)2-4(13)14/h3H,2H2,1H3,(H,13,14). The summed E-state index contributed by atoms with van der Waals surface area (Å²) in [4.78, 5) is 26.0. The van der Waals surface area contributed by atoms with Gasteiger partial charge in [0.05, 0.1) is 0 Å². The predicted octanol–water partition coefficient (Wildman–Crippen LogP) is -1.39. The molecule has 0 aliphatic carbocycles. The highest BCUT2D eigenvalue weighted by atomic mass is 16.4. The van der Waals surface area contributed by atoms with Crippen molar-refractivity contribution in [3.63, 3.8) is 0 Å². The lowest BCUT2D eigenvalue weighted by atomic mass is 10.5. The molecular formula is C7H7N5O3. The van der Waals surface area contributed by atoms with Crippen LogP contribution in [0, 0.1) is 0 Å². The van der Waals surface area contributed by atoms with Crippen LogP contribution in [-0.2, 0) is 18.4 Å². The van der Waals surface area contributed by atoms with E-state index >= 15 is 0 Å². The fraction of sp³-hybridized carbons (Fsp3) is 0.286. The minimum absolute atomic E-state index is 0.193. The molecule has 78 valence electrons. The Morgan fingerprint density at radius 1 is 1.60 bits per heavy atom. The van der Waals surface area contributed by atoms with Crippen molar-refractivity contribution < 1.29 is 9.90 Å². The zero-order valence-electron chi connectivity index (χ0n) is 7.78. The smallest absolute Gasteiger partial charge is 0.323 e. The second-order valence-electron chi connectivity index (χ2n) is 2.96. The van der Waals surface area contributed by atoms with Crippen LogP contribution in [0.5, 0.6) is 0 Å². The first kappa shape index (κ1) is 9.31. The Labute approximate surface area is 82.8 Å². The van der Waals surface area contributed by atoms with Crippen LogP contribution in [-0.4, -0.2) is 35.6 Å². The van der Waals surface area contributed by atoms with Crippen LogP contribution in [0.1, 0.15) is 0 Å². The molecule has 0 atom stereocenters. The molecule has 0 aliphatic heterocycles. The maximum absolute atomic E-state index is 11.7. The van der Waals surface area contributed by atoms with Crippen molar-refractivity contribution >= 4 is 17.1 Å². The molecule has 0 radical (unpaired) electrons. The molecule has 15 heavy (non-hydrogen) atoms. The molecular weight excluding hydrogens is 202 g/mol. The summed E-state index contributed by atoms with van der Waals surface area (Å²) in [6.07, 6.45) is 1.15. The number of rotatable bonds is 2. The maximum Gasteiger partial charge on any atom is 0.323 e. The SMILES string of the molecule is Cn1nnc2ncn(CC(=O)O)c(=O)c21. The Balaban J connectivity index is 2.69. The molecule has 2 aromatic rings. The Morgan fingerprint density at radius 2 is 2.33 bits per heavy atom. The fourth-order valence-corrected chi connectivity index (χ4v) is 1.24. The van der Waals surface area contributed by atoms with E-state index in [4.69, 9.17) is 5.11 Å². The van der Waals surface area contributed by atoms with E-state index in [1.54, 1.807) is 7.05 Å². The van der Waals surface area contributed by atoms with Crippen molar-refractivity contribution in [1.29, 1.82) is 0 Å². The predicted molar refractivity (Wildman–Crippen MR) is 48.2 cm³/mol. The lowest BCUT2D eigenvalue weighted by Gasteiger charge is -2.00. The van der Waals surface area contributed by atoms with Crippen LogP contribution in [0.4, 0.5) is 0 Å². The number of aliphatic carboxylic acids is 1. The van der Waals surface area contributed by atoms with Gasteiger partial charge in [-0.05, 0) is 0 Å². The average Bonchev–Trinajstić information content (AvgIpc) is 2.53. The molecule has 0 spiro atoms. The van der Waals surface area contributed by atoms with Crippen LogP contribution in [0.15, 0.2) is 11.1 Å². The van der Waals surface area contributed by atoms with E-state index < -0.39 is 18.1 Å². The quantitative estimate of drug-likeness (QED) is 0.653. The number of fused-ring (bicyclic) bond motifs is 1. The maximum atomic E-state index is 11.7. The van der Waals surface area contributed by atoms with Crippen molar-refractivity contribution in [1.82, 2.24) is 24.5 Å². The van der Waals surface area contributed by atoms with Gasteiger partial charge in [-0.1, -0.05) is 5.21 Å². The lowest BCUT2D eigenvalue weighted by molar-refractivity contribution is -0.137. The van der Waals surface area contributed by atoms with Gasteiger partial charge in [0.1, 0.15) is 12.9 Å². The van der Waals surface area contributed by atoms with E-state index in [1.807, 2.05) is 0 Å². The first-order valence-electron chi connectivity index (χ1n) is 4.06. The Kier molecular flexibility index (Phi) is 1.96. The van der Waals surface area contributed by atoms with Gasteiger partial charge in [-0.3, -0.25) is 14.2 Å². The molecule has 0 bridgehead atoms. The fourth-order valence-electron chi connectivity index (χ4n) is 1.24. The number of carboxylic acids is 1. The highest BCUT2D eigenvalue weighted by molar-refractivity contribution is 5.69. The van der Waals surface area contributed by atoms with Gasteiger partial charge in [-0.15, -0.1) is 5.10 Å². The van der Waals surface area contributed by atoms with E-state index in [2.05, 4.69) is 15.3 Å². The molecule has 0 unspecified atom stereocenters. The Bertz CT molecular complexity index is 584. The Hall–Kier alpha value is -2.25. The van der Waals surface area contributed by atoms with E-state index in [0.29, 0.717) is 0 Å². The van der Waals surface area contributed by atoms with Crippen LogP contribution in [0.25, 0.3) is 11.2 Å². The van der Waals surface area contributed by atoms with Crippen molar-refractivity contribution in [2.45, 2.75) is 6.54 Å².